The lowest BCUT2D eigenvalue weighted by molar-refractivity contribution is 0.108. The topological polar surface area (TPSA) is 33.6 Å². The highest BCUT2D eigenvalue weighted by Gasteiger charge is 2.13. The van der Waals surface area contributed by atoms with Crippen LogP contribution in [0.1, 0.15) is 27.2 Å². The van der Waals surface area contributed by atoms with Crippen LogP contribution in [-0.2, 0) is 4.74 Å². The summed E-state index contributed by atoms with van der Waals surface area (Å²) in [5.74, 6) is 0.633. The van der Waals surface area contributed by atoms with Gasteiger partial charge < -0.3 is 10.1 Å². The van der Waals surface area contributed by atoms with Gasteiger partial charge >= 0.3 is 0 Å². The molecule has 15 heavy (non-hydrogen) atoms. The monoisotopic (exact) mass is 230 g/mol. The SMILES string of the molecule is CC(C)COCCCNC1=NCC(C)S1. The molecule has 0 aromatic rings. The lowest BCUT2D eigenvalue weighted by atomic mass is 10.2. The summed E-state index contributed by atoms with van der Waals surface area (Å²) in [5.41, 5.74) is 0. The van der Waals surface area contributed by atoms with Crippen molar-refractivity contribution in [2.24, 2.45) is 10.9 Å². The molecule has 1 rings (SSSR count). The molecule has 0 radical (unpaired) electrons. The summed E-state index contributed by atoms with van der Waals surface area (Å²) in [6.07, 6.45) is 1.06. The Labute approximate surface area is 97.1 Å². The highest BCUT2D eigenvalue weighted by Crippen LogP contribution is 2.18. The fourth-order valence-electron chi connectivity index (χ4n) is 1.26. The quantitative estimate of drug-likeness (QED) is 0.710. The van der Waals surface area contributed by atoms with Crippen molar-refractivity contribution < 1.29 is 4.74 Å². The highest BCUT2D eigenvalue weighted by molar-refractivity contribution is 8.14. The third-order valence-electron chi connectivity index (χ3n) is 2.00. The van der Waals surface area contributed by atoms with Gasteiger partial charge in [0.2, 0.25) is 0 Å². The lowest BCUT2D eigenvalue weighted by Gasteiger charge is -2.08. The minimum Gasteiger partial charge on any atom is -0.381 e. The first kappa shape index (κ1) is 12.8. The Morgan fingerprint density at radius 3 is 3.00 bits per heavy atom. The number of hydrogen-bond donors (Lipinski definition) is 1. The molecule has 1 heterocycles. The Hall–Kier alpha value is -0.220. The summed E-state index contributed by atoms with van der Waals surface area (Å²) in [5, 5.41) is 5.08. The molecule has 0 fully saturated rings. The van der Waals surface area contributed by atoms with Crippen LogP contribution in [0.3, 0.4) is 0 Å². The fourth-order valence-corrected chi connectivity index (χ4v) is 2.13. The maximum Gasteiger partial charge on any atom is 0.156 e. The van der Waals surface area contributed by atoms with E-state index in [1.807, 2.05) is 11.8 Å². The van der Waals surface area contributed by atoms with Crippen molar-refractivity contribution in [1.29, 1.82) is 0 Å². The zero-order valence-electron chi connectivity index (χ0n) is 9.95. The Kier molecular flexibility index (Phi) is 6.10. The average Bonchev–Trinajstić information content (AvgIpc) is 2.57. The summed E-state index contributed by atoms with van der Waals surface area (Å²) in [7, 11) is 0. The van der Waals surface area contributed by atoms with Crippen molar-refractivity contribution in [2.75, 3.05) is 26.3 Å². The molecule has 0 saturated carbocycles. The van der Waals surface area contributed by atoms with Crippen molar-refractivity contribution in [3.05, 3.63) is 0 Å². The van der Waals surface area contributed by atoms with Gasteiger partial charge in [0.25, 0.3) is 0 Å². The fraction of sp³-hybridized carbons (Fsp3) is 0.909. The minimum absolute atomic E-state index is 0.633. The van der Waals surface area contributed by atoms with E-state index in [0.29, 0.717) is 11.2 Å². The van der Waals surface area contributed by atoms with Gasteiger partial charge in [0.05, 0.1) is 6.54 Å². The molecule has 0 bridgehead atoms. The molecule has 1 unspecified atom stereocenters. The van der Waals surface area contributed by atoms with Crippen LogP contribution in [0, 0.1) is 5.92 Å². The zero-order valence-corrected chi connectivity index (χ0v) is 10.8. The molecule has 0 aliphatic carbocycles. The molecule has 1 N–H and O–H groups in total. The Morgan fingerprint density at radius 1 is 1.60 bits per heavy atom. The van der Waals surface area contributed by atoms with Gasteiger partial charge in [-0.2, -0.15) is 0 Å². The lowest BCUT2D eigenvalue weighted by Crippen LogP contribution is -2.21. The molecule has 0 saturated heterocycles. The highest BCUT2D eigenvalue weighted by atomic mass is 32.2. The van der Waals surface area contributed by atoms with Crippen LogP contribution >= 0.6 is 11.8 Å². The van der Waals surface area contributed by atoms with Crippen LogP contribution in [0.15, 0.2) is 4.99 Å². The van der Waals surface area contributed by atoms with Gasteiger partial charge in [-0.15, -0.1) is 0 Å². The van der Waals surface area contributed by atoms with E-state index in [1.54, 1.807) is 0 Å². The van der Waals surface area contributed by atoms with Gasteiger partial charge in [-0.1, -0.05) is 32.5 Å². The second-order valence-electron chi connectivity index (χ2n) is 4.32. The van der Waals surface area contributed by atoms with Gasteiger partial charge in [0.1, 0.15) is 0 Å². The number of hydrogen-bond acceptors (Lipinski definition) is 4. The van der Waals surface area contributed by atoms with Crippen LogP contribution in [0.5, 0.6) is 0 Å². The smallest absolute Gasteiger partial charge is 0.156 e. The zero-order chi connectivity index (χ0) is 11.1. The van der Waals surface area contributed by atoms with E-state index in [2.05, 4.69) is 31.1 Å². The second-order valence-corrected chi connectivity index (χ2v) is 5.75. The summed E-state index contributed by atoms with van der Waals surface area (Å²) < 4.78 is 5.49. The molecule has 3 nitrogen and oxygen atoms in total. The molecule has 0 spiro atoms. The van der Waals surface area contributed by atoms with Crippen molar-refractivity contribution in [1.82, 2.24) is 5.32 Å². The minimum atomic E-state index is 0.633. The molecule has 1 aliphatic heterocycles. The molecular formula is C11H22N2OS. The van der Waals surface area contributed by atoms with Gasteiger partial charge in [-0.25, -0.2) is 0 Å². The average molecular weight is 230 g/mol. The van der Waals surface area contributed by atoms with E-state index in [-0.39, 0.29) is 0 Å². The Balaban J connectivity index is 1.89. The number of amidine groups is 1. The van der Waals surface area contributed by atoms with Crippen LogP contribution < -0.4 is 5.32 Å². The van der Waals surface area contributed by atoms with Gasteiger partial charge in [-0.3, -0.25) is 4.99 Å². The summed E-state index contributed by atoms with van der Waals surface area (Å²) >= 11 is 1.83. The molecular weight excluding hydrogens is 208 g/mol. The first-order valence-electron chi connectivity index (χ1n) is 5.71. The van der Waals surface area contributed by atoms with Crippen molar-refractivity contribution in [2.45, 2.75) is 32.4 Å². The van der Waals surface area contributed by atoms with Crippen molar-refractivity contribution in [3.63, 3.8) is 0 Å². The van der Waals surface area contributed by atoms with Crippen LogP contribution in [0.2, 0.25) is 0 Å². The Bertz CT molecular complexity index is 207. The number of thioether (sulfide) groups is 1. The first-order valence-corrected chi connectivity index (χ1v) is 6.59. The number of nitrogens with one attached hydrogen (secondary N) is 1. The molecule has 88 valence electrons. The molecule has 1 atom stereocenters. The third-order valence-corrected chi connectivity index (χ3v) is 3.05. The number of rotatable bonds is 6. The van der Waals surface area contributed by atoms with Crippen LogP contribution in [-0.4, -0.2) is 36.7 Å². The summed E-state index contributed by atoms with van der Waals surface area (Å²) in [6.45, 7) is 10.2. The maximum atomic E-state index is 5.49. The van der Waals surface area contributed by atoms with E-state index < -0.39 is 0 Å². The maximum absolute atomic E-state index is 5.49. The van der Waals surface area contributed by atoms with E-state index in [4.69, 9.17) is 4.74 Å². The molecule has 1 aliphatic rings. The van der Waals surface area contributed by atoms with Crippen LogP contribution in [0.4, 0.5) is 0 Å². The predicted octanol–water partition coefficient (Wildman–Crippen LogP) is 2.13. The van der Waals surface area contributed by atoms with Gasteiger partial charge in [0.15, 0.2) is 5.17 Å². The van der Waals surface area contributed by atoms with Crippen molar-refractivity contribution in [3.8, 4) is 0 Å². The molecule has 0 amide bonds. The largest absolute Gasteiger partial charge is 0.381 e. The Morgan fingerprint density at radius 2 is 2.40 bits per heavy atom. The van der Waals surface area contributed by atoms with Crippen molar-refractivity contribution >= 4 is 16.9 Å². The summed E-state index contributed by atoms with van der Waals surface area (Å²) in [6, 6.07) is 0. The standard InChI is InChI=1S/C11H22N2OS/c1-9(2)8-14-6-4-5-12-11-13-7-10(3)15-11/h9-10H,4-8H2,1-3H3,(H,12,13). The predicted molar refractivity (Wildman–Crippen MR) is 67.6 cm³/mol. The normalized spacial score (nSPS) is 20.8. The third kappa shape index (κ3) is 6.05. The molecule has 0 aromatic heterocycles. The van der Waals surface area contributed by atoms with Crippen LogP contribution in [0.25, 0.3) is 0 Å². The second kappa shape index (κ2) is 7.12. The van der Waals surface area contributed by atoms with E-state index in [1.165, 1.54) is 0 Å². The first-order chi connectivity index (χ1) is 7.18. The van der Waals surface area contributed by atoms with E-state index >= 15 is 0 Å². The van der Waals surface area contributed by atoms with E-state index in [0.717, 1.165) is 37.9 Å². The number of aliphatic imine (C=N–C) groups is 1. The van der Waals surface area contributed by atoms with Gasteiger partial charge in [0, 0.05) is 25.0 Å². The van der Waals surface area contributed by atoms with E-state index in [9.17, 15) is 0 Å². The molecule has 0 aromatic carbocycles. The van der Waals surface area contributed by atoms with Gasteiger partial charge in [-0.05, 0) is 12.3 Å². The number of ether oxygens (including phenoxy) is 1. The number of nitrogens with zero attached hydrogens (tertiary/aromatic N) is 1. The summed E-state index contributed by atoms with van der Waals surface area (Å²) in [4.78, 5) is 4.39. The molecule has 4 heteroatoms.